The van der Waals surface area contributed by atoms with Crippen LogP contribution in [0.5, 0.6) is 0 Å². The molecule has 2 rings (SSSR count). The van der Waals surface area contributed by atoms with Crippen molar-refractivity contribution in [1.82, 2.24) is 4.57 Å². The van der Waals surface area contributed by atoms with Crippen LogP contribution in [0.3, 0.4) is 0 Å². The number of aromatic nitrogens is 1. The summed E-state index contributed by atoms with van der Waals surface area (Å²) in [6, 6.07) is 8.67. The van der Waals surface area contributed by atoms with Crippen molar-refractivity contribution in [3.05, 3.63) is 47.2 Å². The minimum atomic E-state index is -3.23. The first-order chi connectivity index (χ1) is 9.41. The molecule has 0 bridgehead atoms. The van der Waals surface area contributed by atoms with Crippen molar-refractivity contribution in [1.29, 1.82) is 0 Å². The van der Waals surface area contributed by atoms with Gasteiger partial charge in [0, 0.05) is 24.7 Å². The van der Waals surface area contributed by atoms with Crippen molar-refractivity contribution in [2.75, 3.05) is 11.6 Å². The molecule has 0 aliphatic rings. The predicted molar refractivity (Wildman–Crippen MR) is 82.0 cm³/mol. The Morgan fingerprint density at radius 2 is 2.05 bits per heavy atom. The van der Waals surface area contributed by atoms with Gasteiger partial charge < -0.3 is 9.88 Å². The molecule has 0 amide bonds. The van der Waals surface area contributed by atoms with E-state index in [2.05, 4.69) is 16.8 Å². The predicted octanol–water partition coefficient (Wildman–Crippen LogP) is 3.18. The molecule has 2 aromatic rings. The fourth-order valence-electron chi connectivity index (χ4n) is 1.97. The van der Waals surface area contributed by atoms with Crippen LogP contribution in [0.15, 0.2) is 41.4 Å². The number of rotatable bonds is 5. The Morgan fingerprint density at radius 3 is 2.70 bits per heavy atom. The SMILES string of the molecule is CCn1cccc1CNc1cc(S(C)(=O)=O)ccc1Cl. The quantitative estimate of drug-likeness (QED) is 0.922. The lowest BCUT2D eigenvalue weighted by molar-refractivity contribution is 0.602. The lowest BCUT2D eigenvalue weighted by Gasteiger charge is -2.11. The number of hydrogen-bond acceptors (Lipinski definition) is 3. The van der Waals surface area contributed by atoms with Crippen molar-refractivity contribution in [3.8, 4) is 0 Å². The summed E-state index contributed by atoms with van der Waals surface area (Å²) in [5.41, 5.74) is 1.74. The van der Waals surface area contributed by atoms with Crippen LogP contribution >= 0.6 is 11.6 Å². The van der Waals surface area contributed by atoms with E-state index in [1.54, 1.807) is 12.1 Å². The van der Waals surface area contributed by atoms with Gasteiger partial charge in [-0.2, -0.15) is 0 Å². The number of nitrogens with zero attached hydrogens (tertiary/aromatic N) is 1. The van der Waals surface area contributed by atoms with Crippen molar-refractivity contribution in [3.63, 3.8) is 0 Å². The summed E-state index contributed by atoms with van der Waals surface area (Å²) < 4.78 is 25.2. The van der Waals surface area contributed by atoms with E-state index >= 15 is 0 Å². The fraction of sp³-hybridized carbons (Fsp3) is 0.286. The zero-order valence-electron chi connectivity index (χ0n) is 11.4. The van der Waals surface area contributed by atoms with Gasteiger partial charge in [-0.3, -0.25) is 0 Å². The van der Waals surface area contributed by atoms with E-state index in [9.17, 15) is 8.42 Å². The third kappa shape index (κ3) is 3.35. The van der Waals surface area contributed by atoms with Crippen LogP contribution in [0.1, 0.15) is 12.6 Å². The first-order valence-corrected chi connectivity index (χ1v) is 8.56. The molecule has 1 aromatic heterocycles. The number of halogens is 1. The summed E-state index contributed by atoms with van der Waals surface area (Å²) >= 11 is 6.10. The molecule has 0 unspecified atom stereocenters. The van der Waals surface area contributed by atoms with Crippen LogP contribution in [0.4, 0.5) is 5.69 Å². The number of hydrogen-bond donors (Lipinski definition) is 1. The standard InChI is InChI=1S/C14H17ClN2O2S/c1-3-17-8-4-5-11(17)10-16-14-9-12(20(2,18)19)6-7-13(14)15/h4-9,16H,3,10H2,1-2H3. The monoisotopic (exact) mass is 312 g/mol. The Balaban J connectivity index is 2.21. The largest absolute Gasteiger partial charge is 0.378 e. The molecule has 0 radical (unpaired) electrons. The van der Waals surface area contributed by atoms with E-state index in [1.807, 2.05) is 18.3 Å². The second-order valence-corrected chi connectivity index (χ2v) is 6.98. The van der Waals surface area contributed by atoms with Crippen molar-refractivity contribution in [2.24, 2.45) is 0 Å². The van der Waals surface area contributed by atoms with E-state index in [-0.39, 0.29) is 4.90 Å². The number of anilines is 1. The van der Waals surface area contributed by atoms with Crippen molar-refractivity contribution < 1.29 is 8.42 Å². The van der Waals surface area contributed by atoms with Crippen LogP contribution in [0.2, 0.25) is 5.02 Å². The molecule has 0 spiro atoms. The first kappa shape index (κ1) is 14.9. The topological polar surface area (TPSA) is 51.1 Å². The lowest BCUT2D eigenvalue weighted by atomic mass is 10.3. The number of sulfone groups is 1. The molecule has 1 aromatic carbocycles. The van der Waals surface area contributed by atoms with Crippen molar-refractivity contribution >= 4 is 27.1 Å². The third-order valence-corrected chi connectivity index (χ3v) is 4.53. The molecule has 1 heterocycles. The Kier molecular flexibility index (Phi) is 4.40. The van der Waals surface area contributed by atoms with E-state index in [0.29, 0.717) is 17.3 Å². The molecule has 6 heteroatoms. The van der Waals surface area contributed by atoms with Gasteiger partial charge in [-0.05, 0) is 37.3 Å². The molecular formula is C14H17ClN2O2S. The van der Waals surface area contributed by atoms with Crippen LogP contribution in [-0.4, -0.2) is 19.2 Å². The Labute approximate surface area is 124 Å². The van der Waals surface area contributed by atoms with E-state index in [4.69, 9.17) is 11.6 Å². The Bertz CT molecular complexity index is 708. The smallest absolute Gasteiger partial charge is 0.175 e. The maximum Gasteiger partial charge on any atom is 0.175 e. The summed E-state index contributed by atoms with van der Waals surface area (Å²) in [5, 5.41) is 3.69. The van der Waals surface area contributed by atoms with Gasteiger partial charge in [0.15, 0.2) is 9.84 Å². The van der Waals surface area contributed by atoms with Gasteiger partial charge in [-0.25, -0.2) is 8.42 Å². The molecule has 0 atom stereocenters. The van der Waals surface area contributed by atoms with Gasteiger partial charge in [-0.1, -0.05) is 11.6 Å². The molecule has 1 N–H and O–H groups in total. The molecule has 20 heavy (non-hydrogen) atoms. The third-order valence-electron chi connectivity index (χ3n) is 3.09. The van der Waals surface area contributed by atoms with Gasteiger partial charge in [0.05, 0.1) is 22.2 Å². The highest BCUT2D eigenvalue weighted by Crippen LogP contribution is 2.25. The summed E-state index contributed by atoms with van der Waals surface area (Å²) in [6.07, 6.45) is 3.19. The minimum absolute atomic E-state index is 0.260. The zero-order valence-corrected chi connectivity index (χ0v) is 13.0. The summed E-state index contributed by atoms with van der Waals surface area (Å²) in [7, 11) is -3.23. The van der Waals surface area contributed by atoms with Crippen LogP contribution < -0.4 is 5.32 Å². The minimum Gasteiger partial charge on any atom is -0.378 e. The first-order valence-electron chi connectivity index (χ1n) is 6.29. The van der Waals surface area contributed by atoms with Gasteiger partial charge in [-0.15, -0.1) is 0 Å². The van der Waals surface area contributed by atoms with E-state index in [1.165, 1.54) is 12.3 Å². The highest BCUT2D eigenvalue weighted by molar-refractivity contribution is 7.90. The molecule has 0 aliphatic carbocycles. The summed E-state index contributed by atoms with van der Waals surface area (Å²) in [6.45, 7) is 3.55. The normalized spacial score (nSPS) is 11.6. The summed E-state index contributed by atoms with van der Waals surface area (Å²) in [4.78, 5) is 0.260. The number of aryl methyl sites for hydroxylation is 1. The second kappa shape index (κ2) is 5.89. The highest BCUT2D eigenvalue weighted by atomic mass is 35.5. The Morgan fingerprint density at radius 1 is 1.30 bits per heavy atom. The number of benzene rings is 1. The molecule has 0 saturated heterocycles. The zero-order chi connectivity index (χ0) is 14.8. The summed E-state index contributed by atoms with van der Waals surface area (Å²) in [5.74, 6) is 0. The molecule has 108 valence electrons. The molecule has 0 saturated carbocycles. The molecule has 4 nitrogen and oxygen atoms in total. The molecular weight excluding hydrogens is 296 g/mol. The average Bonchev–Trinajstić information content (AvgIpc) is 2.83. The maximum atomic E-state index is 11.6. The second-order valence-electron chi connectivity index (χ2n) is 4.55. The van der Waals surface area contributed by atoms with Crippen LogP contribution in [-0.2, 0) is 22.9 Å². The van der Waals surface area contributed by atoms with Crippen LogP contribution in [0, 0.1) is 0 Å². The fourth-order valence-corrected chi connectivity index (χ4v) is 2.81. The van der Waals surface area contributed by atoms with Crippen molar-refractivity contribution in [2.45, 2.75) is 24.9 Å². The Hall–Kier alpha value is -1.46. The van der Waals surface area contributed by atoms with Gasteiger partial charge in [0.25, 0.3) is 0 Å². The van der Waals surface area contributed by atoms with E-state index in [0.717, 1.165) is 12.2 Å². The van der Waals surface area contributed by atoms with Crippen LogP contribution in [0.25, 0.3) is 0 Å². The maximum absolute atomic E-state index is 11.6. The lowest BCUT2D eigenvalue weighted by Crippen LogP contribution is -2.07. The number of nitrogens with one attached hydrogen (secondary N) is 1. The average molecular weight is 313 g/mol. The molecule has 0 fully saturated rings. The molecule has 0 aliphatic heterocycles. The van der Waals surface area contributed by atoms with Gasteiger partial charge >= 0.3 is 0 Å². The van der Waals surface area contributed by atoms with E-state index < -0.39 is 9.84 Å². The van der Waals surface area contributed by atoms with Gasteiger partial charge in [0.1, 0.15) is 0 Å². The van der Waals surface area contributed by atoms with Gasteiger partial charge in [0.2, 0.25) is 0 Å². The highest BCUT2D eigenvalue weighted by Gasteiger charge is 2.10.